The first kappa shape index (κ1) is 32.7. The molecule has 12 nitrogen and oxygen atoms in total. The number of oxazole rings is 1. The summed E-state index contributed by atoms with van der Waals surface area (Å²) < 4.78 is 12.0. The Morgan fingerprint density at radius 1 is 1.25 bits per heavy atom. The molecule has 2 aromatic heterocycles. The molecule has 3 heterocycles. The second kappa shape index (κ2) is 13.6. The summed E-state index contributed by atoms with van der Waals surface area (Å²) in [6, 6.07) is 6.88. The Hall–Kier alpha value is -4.23. The summed E-state index contributed by atoms with van der Waals surface area (Å²) in [6.45, 7) is 7.76. The number of anilines is 1. The lowest BCUT2D eigenvalue weighted by molar-refractivity contribution is -0.150. The summed E-state index contributed by atoms with van der Waals surface area (Å²) in [4.78, 5) is 58.9. The minimum absolute atomic E-state index is 0.0543. The van der Waals surface area contributed by atoms with Crippen molar-refractivity contribution in [3.8, 4) is 16.5 Å². The number of aliphatic carboxylic acids is 1. The molecule has 1 fully saturated rings. The molecule has 1 unspecified atom stereocenters. The molecule has 3 amide bonds. The Morgan fingerprint density at radius 3 is 2.50 bits per heavy atom. The van der Waals surface area contributed by atoms with Crippen molar-refractivity contribution in [3.63, 3.8) is 0 Å². The Bertz CT molecular complexity index is 1490. The number of phenolic OH excluding ortho intramolecular Hbond substituents is 1. The van der Waals surface area contributed by atoms with Crippen molar-refractivity contribution in [1.82, 2.24) is 14.8 Å². The van der Waals surface area contributed by atoms with Gasteiger partial charge in [-0.3, -0.25) is 19.3 Å². The van der Waals surface area contributed by atoms with E-state index < -0.39 is 23.5 Å². The van der Waals surface area contributed by atoms with Gasteiger partial charge in [0.2, 0.25) is 18.2 Å². The maximum Gasteiger partial charge on any atom is 0.329 e. The van der Waals surface area contributed by atoms with Gasteiger partial charge in [-0.15, -0.1) is 11.3 Å². The molecule has 1 aromatic carbocycles. The molecule has 44 heavy (non-hydrogen) atoms. The summed E-state index contributed by atoms with van der Waals surface area (Å²) in [7, 11) is 1.76. The molecule has 0 radical (unpaired) electrons. The van der Waals surface area contributed by atoms with E-state index in [1.165, 1.54) is 37.6 Å². The lowest BCUT2D eigenvalue weighted by atomic mass is 9.97. The number of hydrogen-bond acceptors (Lipinski definition) is 10. The second-order valence-electron chi connectivity index (χ2n) is 11.4. The monoisotopic (exact) mass is 626 g/mol. The van der Waals surface area contributed by atoms with Crippen LogP contribution in [-0.2, 0) is 19.1 Å². The fraction of sp³-hybridized carbons (Fsp3) is 0.452. The van der Waals surface area contributed by atoms with Crippen LogP contribution in [0.1, 0.15) is 61.2 Å². The summed E-state index contributed by atoms with van der Waals surface area (Å²) in [5.74, 6) is -1.50. The molecular formula is C31H38N4O8S. The van der Waals surface area contributed by atoms with Gasteiger partial charge >= 0.3 is 5.97 Å². The van der Waals surface area contributed by atoms with E-state index >= 15 is 0 Å². The summed E-state index contributed by atoms with van der Waals surface area (Å²) in [5, 5.41) is 21.0. The predicted octanol–water partition coefficient (Wildman–Crippen LogP) is 4.33. The number of thiophene rings is 1. The zero-order valence-electron chi connectivity index (χ0n) is 25.5. The number of piperidine rings is 1. The third-order valence-electron chi connectivity index (χ3n) is 8.08. The van der Waals surface area contributed by atoms with Gasteiger partial charge in [-0.05, 0) is 51.2 Å². The second-order valence-corrected chi connectivity index (χ2v) is 12.4. The van der Waals surface area contributed by atoms with Gasteiger partial charge in [-0.1, -0.05) is 18.2 Å². The van der Waals surface area contributed by atoms with Crippen LogP contribution in [0.3, 0.4) is 0 Å². The third kappa shape index (κ3) is 6.78. The quantitative estimate of drug-likeness (QED) is 0.278. The molecule has 1 aliphatic rings. The van der Waals surface area contributed by atoms with E-state index in [2.05, 4.69) is 4.98 Å². The van der Waals surface area contributed by atoms with Crippen LogP contribution in [0.2, 0.25) is 0 Å². The maximum atomic E-state index is 13.9. The first-order valence-electron chi connectivity index (χ1n) is 14.3. The zero-order valence-corrected chi connectivity index (χ0v) is 26.3. The number of para-hydroxylation sites is 1. The van der Waals surface area contributed by atoms with Gasteiger partial charge in [0.1, 0.15) is 28.7 Å². The number of amides is 3. The number of phenols is 1. The molecule has 3 aromatic rings. The smallest absolute Gasteiger partial charge is 0.329 e. The molecule has 1 atom stereocenters. The first-order chi connectivity index (χ1) is 20.9. The van der Waals surface area contributed by atoms with E-state index in [1.807, 2.05) is 4.90 Å². The molecule has 0 bridgehead atoms. The standard InChI is InChI=1S/C31H38N4O8S/c1-19-25(28(39)35(18-36)31(3,4)30(40)41)29(44-26(19)27-32-12-15-42-27)33(5)16-24(22-8-6-7-9-23(22)38)43-17-21-10-13-34(14-11-21)20(2)37/h6-9,12,15,18,21,24,38H,10-11,13-14,16-17H2,1-5H3,(H,40,41). The van der Waals surface area contributed by atoms with Crippen LogP contribution >= 0.6 is 11.3 Å². The number of likely N-dealkylation sites (tertiary alicyclic amines) is 1. The molecule has 0 spiro atoms. The summed E-state index contributed by atoms with van der Waals surface area (Å²) >= 11 is 1.22. The number of aromatic hydroxyl groups is 1. The average Bonchev–Trinajstić information content (AvgIpc) is 3.64. The van der Waals surface area contributed by atoms with Crippen molar-refractivity contribution < 1.29 is 38.5 Å². The van der Waals surface area contributed by atoms with E-state index in [0.29, 0.717) is 45.6 Å². The number of carboxylic acid groups (broad SMARTS) is 1. The molecule has 236 valence electrons. The first-order valence-corrected chi connectivity index (χ1v) is 15.1. The van der Waals surface area contributed by atoms with E-state index in [-0.39, 0.29) is 42.0 Å². The highest BCUT2D eigenvalue weighted by molar-refractivity contribution is 7.20. The van der Waals surface area contributed by atoms with Crippen molar-refractivity contribution in [2.75, 3.05) is 38.2 Å². The maximum absolute atomic E-state index is 13.9. The fourth-order valence-corrected chi connectivity index (χ4v) is 6.42. The van der Waals surface area contributed by atoms with Gasteiger partial charge in [0.15, 0.2) is 0 Å². The lowest BCUT2D eigenvalue weighted by Gasteiger charge is -2.33. The van der Waals surface area contributed by atoms with Crippen LogP contribution in [0.15, 0.2) is 41.1 Å². The summed E-state index contributed by atoms with van der Waals surface area (Å²) in [6.07, 6.45) is 4.10. The van der Waals surface area contributed by atoms with Crippen LogP contribution in [0, 0.1) is 12.8 Å². The number of carboxylic acids is 1. The van der Waals surface area contributed by atoms with E-state index in [0.717, 1.165) is 12.8 Å². The number of nitrogens with zero attached hydrogens (tertiary/aromatic N) is 4. The highest BCUT2D eigenvalue weighted by atomic mass is 32.1. The van der Waals surface area contributed by atoms with Crippen LogP contribution in [-0.4, -0.2) is 88.0 Å². The lowest BCUT2D eigenvalue weighted by Crippen LogP contribution is -2.52. The minimum Gasteiger partial charge on any atom is -0.508 e. The molecular weight excluding hydrogens is 588 g/mol. The van der Waals surface area contributed by atoms with Crippen molar-refractivity contribution in [3.05, 3.63) is 53.4 Å². The average molecular weight is 627 g/mol. The van der Waals surface area contributed by atoms with Gasteiger partial charge in [-0.2, -0.15) is 0 Å². The highest BCUT2D eigenvalue weighted by Crippen LogP contribution is 2.43. The van der Waals surface area contributed by atoms with Crippen LogP contribution in [0.4, 0.5) is 5.00 Å². The number of imide groups is 1. The Labute approximate surface area is 259 Å². The van der Waals surface area contributed by atoms with Crippen LogP contribution in [0.25, 0.3) is 10.8 Å². The number of carbonyl (C=O) groups excluding carboxylic acids is 3. The number of hydrogen-bond donors (Lipinski definition) is 2. The van der Waals surface area contributed by atoms with E-state index in [9.17, 15) is 29.4 Å². The number of aromatic nitrogens is 1. The number of benzene rings is 1. The van der Waals surface area contributed by atoms with Crippen molar-refractivity contribution in [2.24, 2.45) is 5.92 Å². The normalized spacial score (nSPS) is 14.7. The van der Waals surface area contributed by atoms with E-state index in [4.69, 9.17) is 9.15 Å². The number of ether oxygens (including phenoxy) is 1. The van der Waals surface area contributed by atoms with E-state index in [1.54, 1.807) is 50.1 Å². The molecule has 13 heteroatoms. The molecule has 1 saturated heterocycles. The number of likely N-dealkylation sites (N-methyl/N-ethyl adjacent to an activating group) is 1. The van der Waals surface area contributed by atoms with Crippen molar-refractivity contribution in [1.29, 1.82) is 0 Å². The van der Waals surface area contributed by atoms with Gasteiger partial charge in [-0.25, -0.2) is 9.78 Å². The van der Waals surface area contributed by atoms with Crippen molar-refractivity contribution >= 4 is 40.5 Å². The minimum atomic E-state index is -1.81. The topological polar surface area (TPSA) is 154 Å². The Balaban J connectivity index is 1.68. The van der Waals surface area contributed by atoms with Crippen LogP contribution in [0.5, 0.6) is 5.75 Å². The largest absolute Gasteiger partial charge is 0.508 e. The highest BCUT2D eigenvalue weighted by Gasteiger charge is 2.41. The van der Waals surface area contributed by atoms with Gasteiger partial charge in [0, 0.05) is 39.2 Å². The predicted molar refractivity (Wildman–Crippen MR) is 164 cm³/mol. The molecule has 1 aliphatic heterocycles. The van der Waals surface area contributed by atoms with Gasteiger partial charge in [0.25, 0.3) is 5.91 Å². The zero-order chi connectivity index (χ0) is 32.2. The van der Waals surface area contributed by atoms with Gasteiger partial charge in [0.05, 0.1) is 23.2 Å². The Morgan fingerprint density at radius 2 is 1.93 bits per heavy atom. The van der Waals surface area contributed by atoms with Gasteiger partial charge < -0.3 is 29.2 Å². The molecule has 2 N–H and O–H groups in total. The molecule has 4 rings (SSSR count). The number of rotatable bonds is 12. The Kier molecular flexibility index (Phi) is 10.1. The fourth-order valence-electron chi connectivity index (χ4n) is 5.21. The SMILES string of the molecule is CC(=O)N1CCC(COC(CN(C)c2sc(-c3ncco3)c(C)c2C(=O)N(C=O)C(C)(C)C(=O)O)c2ccccc2O)CC1. The molecule has 0 aliphatic carbocycles. The van der Waals surface area contributed by atoms with Crippen molar-refractivity contribution in [2.45, 2.75) is 52.2 Å². The molecule has 0 saturated carbocycles. The van der Waals surface area contributed by atoms with Crippen LogP contribution < -0.4 is 4.90 Å². The number of carbonyl (C=O) groups is 4. The summed E-state index contributed by atoms with van der Waals surface area (Å²) in [5.41, 5.74) is -0.628. The third-order valence-corrected chi connectivity index (χ3v) is 9.48.